The number of carbonyl (C=O) groups is 3. The maximum atomic E-state index is 12.8. The molecule has 0 saturated carbocycles. The summed E-state index contributed by atoms with van der Waals surface area (Å²) in [6, 6.07) is 14.2. The molecule has 7 nitrogen and oxygen atoms in total. The second-order valence-electron chi connectivity index (χ2n) is 6.93. The van der Waals surface area contributed by atoms with Gasteiger partial charge in [0.25, 0.3) is 11.8 Å². The predicted octanol–water partition coefficient (Wildman–Crippen LogP) is 2.33. The molecule has 0 aliphatic carbocycles. The minimum absolute atomic E-state index is 0.00386. The van der Waals surface area contributed by atoms with Crippen LogP contribution < -0.4 is 15.0 Å². The first-order valence-electron chi connectivity index (χ1n) is 9.43. The van der Waals surface area contributed by atoms with Gasteiger partial charge in [-0.2, -0.15) is 0 Å². The lowest BCUT2D eigenvalue weighted by Gasteiger charge is -2.26. The molecule has 0 radical (unpaired) electrons. The Bertz CT molecular complexity index is 910. The standard InChI is InChI=1S/C22H24N2O5/c1-14-12-17-6-4-5-7-19(17)24(14)22(27)15(2)29-20(25)13-23-21(26)16-8-10-18(28-3)11-9-16/h4-11,14-15H,12-13H2,1-3H3,(H,23,26)/t14-,15+/m1/s1. The third-order valence-corrected chi connectivity index (χ3v) is 4.85. The fraction of sp³-hybridized carbons (Fsp3) is 0.318. The van der Waals surface area contributed by atoms with Gasteiger partial charge in [0, 0.05) is 17.3 Å². The highest BCUT2D eigenvalue weighted by Gasteiger charge is 2.34. The van der Waals surface area contributed by atoms with E-state index in [-0.39, 0.29) is 18.5 Å². The number of hydrogen-bond acceptors (Lipinski definition) is 5. The first-order valence-corrected chi connectivity index (χ1v) is 9.43. The summed E-state index contributed by atoms with van der Waals surface area (Å²) in [6.07, 6.45) is -0.186. The van der Waals surface area contributed by atoms with Crippen molar-refractivity contribution in [2.75, 3.05) is 18.6 Å². The molecular weight excluding hydrogens is 372 g/mol. The van der Waals surface area contributed by atoms with Crippen molar-refractivity contribution in [3.63, 3.8) is 0 Å². The molecule has 0 spiro atoms. The van der Waals surface area contributed by atoms with Crippen LogP contribution in [0.5, 0.6) is 5.75 Å². The van der Waals surface area contributed by atoms with Crippen molar-refractivity contribution in [2.24, 2.45) is 0 Å². The van der Waals surface area contributed by atoms with Crippen molar-refractivity contribution < 1.29 is 23.9 Å². The minimum Gasteiger partial charge on any atom is -0.497 e. The van der Waals surface area contributed by atoms with Gasteiger partial charge in [-0.15, -0.1) is 0 Å². The number of ether oxygens (including phenoxy) is 2. The highest BCUT2D eigenvalue weighted by Crippen LogP contribution is 2.32. The lowest BCUT2D eigenvalue weighted by molar-refractivity contribution is -0.152. The van der Waals surface area contributed by atoms with Crippen LogP contribution >= 0.6 is 0 Å². The quantitative estimate of drug-likeness (QED) is 0.758. The van der Waals surface area contributed by atoms with Gasteiger partial charge in [-0.1, -0.05) is 18.2 Å². The van der Waals surface area contributed by atoms with Gasteiger partial charge in [-0.3, -0.25) is 14.4 Å². The van der Waals surface area contributed by atoms with Crippen LogP contribution in [0.4, 0.5) is 5.69 Å². The average Bonchev–Trinajstić information content (AvgIpc) is 3.07. The Kier molecular flexibility index (Phi) is 6.16. The summed E-state index contributed by atoms with van der Waals surface area (Å²) >= 11 is 0. The Morgan fingerprint density at radius 2 is 1.83 bits per heavy atom. The second kappa shape index (κ2) is 8.77. The number of anilines is 1. The van der Waals surface area contributed by atoms with Crippen LogP contribution in [0.2, 0.25) is 0 Å². The first-order chi connectivity index (χ1) is 13.9. The van der Waals surface area contributed by atoms with E-state index in [1.54, 1.807) is 36.1 Å². The summed E-state index contributed by atoms with van der Waals surface area (Å²) < 4.78 is 10.3. The number of rotatable bonds is 6. The number of benzene rings is 2. The van der Waals surface area contributed by atoms with E-state index in [2.05, 4.69) is 5.32 Å². The molecule has 0 bridgehead atoms. The molecule has 1 heterocycles. The van der Waals surface area contributed by atoms with Crippen molar-refractivity contribution in [3.05, 3.63) is 59.7 Å². The van der Waals surface area contributed by atoms with Crippen molar-refractivity contribution in [1.82, 2.24) is 5.32 Å². The van der Waals surface area contributed by atoms with Gasteiger partial charge in [0.05, 0.1) is 7.11 Å². The lowest BCUT2D eigenvalue weighted by Crippen LogP contribution is -2.44. The topological polar surface area (TPSA) is 84.9 Å². The molecule has 0 saturated heterocycles. The number of amides is 2. The van der Waals surface area contributed by atoms with Crippen LogP contribution in [0, 0.1) is 0 Å². The Balaban J connectivity index is 1.53. The van der Waals surface area contributed by atoms with Crippen LogP contribution in [0.25, 0.3) is 0 Å². The largest absolute Gasteiger partial charge is 0.497 e. The Hall–Kier alpha value is -3.35. The summed E-state index contributed by atoms with van der Waals surface area (Å²) in [5, 5.41) is 2.50. The predicted molar refractivity (Wildman–Crippen MR) is 108 cm³/mol. The van der Waals surface area contributed by atoms with E-state index in [1.165, 1.54) is 7.11 Å². The highest BCUT2D eigenvalue weighted by molar-refractivity contribution is 6.00. The summed E-state index contributed by atoms with van der Waals surface area (Å²) in [4.78, 5) is 38.7. The van der Waals surface area contributed by atoms with Gasteiger partial charge in [-0.25, -0.2) is 0 Å². The van der Waals surface area contributed by atoms with Crippen molar-refractivity contribution in [2.45, 2.75) is 32.4 Å². The van der Waals surface area contributed by atoms with E-state index < -0.39 is 18.0 Å². The van der Waals surface area contributed by atoms with Gasteiger partial charge in [-0.05, 0) is 56.2 Å². The number of nitrogens with zero attached hydrogens (tertiary/aromatic N) is 1. The van der Waals surface area contributed by atoms with Crippen LogP contribution in [0.1, 0.15) is 29.8 Å². The molecule has 29 heavy (non-hydrogen) atoms. The molecule has 3 rings (SSSR count). The zero-order chi connectivity index (χ0) is 21.0. The number of nitrogens with one attached hydrogen (secondary N) is 1. The molecule has 0 unspecified atom stereocenters. The fourth-order valence-electron chi connectivity index (χ4n) is 3.38. The molecule has 0 aromatic heterocycles. The zero-order valence-electron chi connectivity index (χ0n) is 16.7. The Labute approximate surface area is 169 Å². The molecule has 2 aromatic rings. The molecule has 2 amide bonds. The first kappa shape index (κ1) is 20.4. The third kappa shape index (κ3) is 4.56. The Morgan fingerprint density at radius 1 is 1.14 bits per heavy atom. The maximum Gasteiger partial charge on any atom is 0.326 e. The summed E-state index contributed by atoms with van der Waals surface area (Å²) in [7, 11) is 1.54. The van der Waals surface area contributed by atoms with Crippen LogP contribution in [0.15, 0.2) is 48.5 Å². The van der Waals surface area contributed by atoms with Gasteiger partial charge >= 0.3 is 5.97 Å². The van der Waals surface area contributed by atoms with Gasteiger partial charge in [0.15, 0.2) is 6.10 Å². The molecule has 1 aliphatic heterocycles. The number of carbonyl (C=O) groups excluding carboxylic acids is 3. The second-order valence-corrected chi connectivity index (χ2v) is 6.93. The fourth-order valence-corrected chi connectivity index (χ4v) is 3.38. The van der Waals surface area contributed by atoms with E-state index in [4.69, 9.17) is 9.47 Å². The van der Waals surface area contributed by atoms with Crippen molar-refractivity contribution in [1.29, 1.82) is 0 Å². The monoisotopic (exact) mass is 396 g/mol. The molecule has 1 N–H and O–H groups in total. The molecule has 2 aromatic carbocycles. The summed E-state index contributed by atoms with van der Waals surface area (Å²) in [6.45, 7) is 3.18. The van der Waals surface area contributed by atoms with E-state index in [0.29, 0.717) is 11.3 Å². The molecule has 2 atom stereocenters. The summed E-state index contributed by atoms with van der Waals surface area (Å²) in [5.74, 6) is -0.734. The zero-order valence-corrected chi connectivity index (χ0v) is 16.7. The molecule has 7 heteroatoms. The van der Waals surface area contributed by atoms with Crippen molar-refractivity contribution >= 4 is 23.5 Å². The van der Waals surface area contributed by atoms with Crippen molar-refractivity contribution in [3.8, 4) is 5.75 Å². The number of para-hydroxylation sites is 1. The van der Waals surface area contributed by atoms with Crippen LogP contribution in [0.3, 0.4) is 0 Å². The minimum atomic E-state index is -0.950. The third-order valence-electron chi connectivity index (χ3n) is 4.85. The van der Waals surface area contributed by atoms with Crippen LogP contribution in [-0.2, 0) is 20.7 Å². The van der Waals surface area contributed by atoms with E-state index >= 15 is 0 Å². The van der Waals surface area contributed by atoms with E-state index in [0.717, 1.165) is 17.7 Å². The average molecular weight is 396 g/mol. The van der Waals surface area contributed by atoms with E-state index in [9.17, 15) is 14.4 Å². The molecular formula is C22H24N2O5. The maximum absolute atomic E-state index is 12.8. The van der Waals surface area contributed by atoms with Gasteiger partial charge in [0.1, 0.15) is 12.3 Å². The Morgan fingerprint density at radius 3 is 2.52 bits per heavy atom. The highest BCUT2D eigenvalue weighted by atomic mass is 16.5. The molecule has 1 aliphatic rings. The number of fused-ring (bicyclic) bond motifs is 1. The van der Waals surface area contributed by atoms with Crippen LogP contribution in [-0.4, -0.2) is 43.6 Å². The molecule has 0 fully saturated rings. The van der Waals surface area contributed by atoms with E-state index in [1.807, 2.05) is 31.2 Å². The smallest absolute Gasteiger partial charge is 0.326 e. The van der Waals surface area contributed by atoms with Gasteiger partial charge < -0.3 is 19.7 Å². The SMILES string of the molecule is COc1ccc(C(=O)NCC(=O)O[C@@H](C)C(=O)N2c3ccccc3C[C@H]2C)cc1. The number of methoxy groups -OCH3 is 1. The lowest BCUT2D eigenvalue weighted by atomic mass is 10.1. The molecule has 152 valence electrons. The normalized spacial score (nSPS) is 16.0. The number of hydrogen-bond donors (Lipinski definition) is 1. The number of esters is 1. The summed E-state index contributed by atoms with van der Waals surface area (Å²) in [5.41, 5.74) is 2.34. The van der Waals surface area contributed by atoms with Gasteiger partial charge in [0.2, 0.25) is 0 Å².